The van der Waals surface area contributed by atoms with Crippen molar-refractivity contribution in [1.29, 1.82) is 0 Å². The van der Waals surface area contributed by atoms with Crippen LogP contribution in [-0.2, 0) is 25.8 Å². The fourth-order valence-corrected chi connectivity index (χ4v) is 3.75. The van der Waals surface area contributed by atoms with Gasteiger partial charge in [0.1, 0.15) is 0 Å². The molecule has 0 heterocycles. The number of carbonyl (C=O) groups is 2. The topological polar surface area (TPSA) is 95.6 Å². The summed E-state index contributed by atoms with van der Waals surface area (Å²) >= 11 is 5.52. The van der Waals surface area contributed by atoms with E-state index in [0.29, 0.717) is 11.8 Å². The first kappa shape index (κ1) is 23.6. The van der Waals surface area contributed by atoms with Crippen molar-refractivity contribution in [3.8, 4) is 0 Å². The molecule has 0 aliphatic rings. The number of halogens is 4. The molecule has 0 aliphatic heterocycles. The van der Waals surface area contributed by atoms with Gasteiger partial charge in [-0.15, -0.1) is 0 Å². The zero-order valence-electron chi connectivity index (χ0n) is 15.7. The summed E-state index contributed by atoms with van der Waals surface area (Å²) in [7, 11) is -2.90. The van der Waals surface area contributed by atoms with Crippen LogP contribution in [-0.4, -0.2) is 38.1 Å². The van der Waals surface area contributed by atoms with Crippen LogP contribution >= 0.6 is 11.6 Å². The van der Waals surface area contributed by atoms with E-state index >= 15 is 0 Å². The Morgan fingerprint density at radius 2 is 1.60 bits per heavy atom. The summed E-state index contributed by atoms with van der Waals surface area (Å²) in [6, 6.07) is 8.09. The van der Waals surface area contributed by atoms with Crippen molar-refractivity contribution in [2.24, 2.45) is 0 Å². The Hall–Kier alpha value is -2.63. The maximum atomic E-state index is 12.9. The molecule has 7 nitrogen and oxygen atoms in total. The second-order valence-electron chi connectivity index (χ2n) is 6.21. The Balaban J connectivity index is 2.10. The van der Waals surface area contributed by atoms with E-state index in [0.717, 1.165) is 17.4 Å². The predicted molar refractivity (Wildman–Crippen MR) is 106 cm³/mol. The molecule has 2 amide bonds. The van der Waals surface area contributed by atoms with Gasteiger partial charge in [-0.1, -0.05) is 11.6 Å². The fourth-order valence-electron chi connectivity index (χ4n) is 2.40. The van der Waals surface area contributed by atoms with Crippen molar-refractivity contribution in [3.05, 3.63) is 53.1 Å². The summed E-state index contributed by atoms with van der Waals surface area (Å²) in [6.07, 6.45) is -4.71. The van der Waals surface area contributed by atoms with Crippen molar-refractivity contribution in [1.82, 2.24) is 4.31 Å². The van der Waals surface area contributed by atoms with Crippen molar-refractivity contribution >= 4 is 44.8 Å². The lowest BCUT2D eigenvalue weighted by Crippen LogP contribution is -2.35. The van der Waals surface area contributed by atoms with Crippen molar-refractivity contribution < 1.29 is 31.2 Å². The van der Waals surface area contributed by atoms with E-state index in [4.69, 9.17) is 11.6 Å². The molecule has 0 saturated carbocycles. The third-order valence-electron chi connectivity index (χ3n) is 3.80. The zero-order valence-corrected chi connectivity index (χ0v) is 17.3. The third-order valence-corrected chi connectivity index (χ3v) is 5.95. The maximum Gasteiger partial charge on any atom is 0.417 e. The number of nitrogens with zero attached hydrogens (tertiary/aromatic N) is 1. The van der Waals surface area contributed by atoms with Crippen LogP contribution in [0.15, 0.2) is 47.4 Å². The molecule has 162 valence electrons. The minimum absolute atomic E-state index is 0.127. The highest BCUT2D eigenvalue weighted by Crippen LogP contribution is 2.36. The summed E-state index contributed by atoms with van der Waals surface area (Å²) in [4.78, 5) is 23.0. The van der Waals surface area contributed by atoms with Gasteiger partial charge in [-0.3, -0.25) is 9.59 Å². The molecule has 2 rings (SSSR count). The lowest BCUT2D eigenvalue weighted by molar-refractivity contribution is -0.137. The maximum absolute atomic E-state index is 12.9. The van der Waals surface area contributed by atoms with E-state index in [-0.39, 0.29) is 16.5 Å². The highest BCUT2D eigenvalue weighted by molar-refractivity contribution is 7.89. The molecular weight excluding hydrogens is 447 g/mol. The van der Waals surface area contributed by atoms with Gasteiger partial charge in [0.2, 0.25) is 21.8 Å². The number of nitrogens with one attached hydrogen (secondary N) is 2. The quantitative estimate of drug-likeness (QED) is 0.684. The van der Waals surface area contributed by atoms with E-state index in [1.807, 2.05) is 0 Å². The lowest BCUT2D eigenvalue weighted by atomic mass is 10.2. The molecular formula is C18H17ClF3N3O4S. The van der Waals surface area contributed by atoms with Crippen molar-refractivity contribution in [2.75, 3.05) is 24.2 Å². The second-order valence-corrected chi connectivity index (χ2v) is 8.66. The number of likely N-dealkylation sites (N-methyl/N-ethyl adjacent to an activating group) is 1. The van der Waals surface area contributed by atoms with E-state index in [9.17, 15) is 31.2 Å². The number of hydrogen-bond donors (Lipinski definition) is 2. The summed E-state index contributed by atoms with van der Waals surface area (Å²) in [5.74, 6) is -1.17. The number of hydrogen-bond acceptors (Lipinski definition) is 4. The largest absolute Gasteiger partial charge is 0.417 e. The fraction of sp³-hybridized carbons (Fsp3) is 0.222. The highest BCUT2D eigenvalue weighted by Gasteiger charge is 2.33. The minimum atomic E-state index is -4.71. The zero-order chi connectivity index (χ0) is 22.7. The lowest BCUT2D eigenvalue weighted by Gasteiger charge is -2.17. The van der Waals surface area contributed by atoms with Gasteiger partial charge in [0.05, 0.1) is 22.0 Å². The van der Waals surface area contributed by atoms with Crippen LogP contribution in [0.3, 0.4) is 0 Å². The Morgan fingerprint density at radius 3 is 2.13 bits per heavy atom. The van der Waals surface area contributed by atoms with Crippen LogP contribution in [0.25, 0.3) is 0 Å². The predicted octanol–water partition coefficient (Wildman–Crippen LogP) is 3.58. The SMILES string of the molecule is CC(=O)Nc1ccc(S(=O)(=O)N(C)CC(=O)Nc2ccc(Cl)c(C(F)(F)F)c2)cc1. The van der Waals surface area contributed by atoms with E-state index in [2.05, 4.69) is 10.6 Å². The molecule has 0 bridgehead atoms. The van der Waals surface area contributed by atoms with Gasteiger partial charge in [-0.05, 0) is 42.5 Å². The van der Waals surface area contributed by atoms with Gasteiger partial charge >= 0.3 is 6.18 Å². The van der Waals surface area contributed by atoms with Gasteiger partial charge in [0.15, 0.2) is 0 Å². The van der Waals surface area contributed by atoms with E-state index < -0.39 is 39.2 Å². The molecule has 0 unspecified atom stereocenters. The number of sulfonamides is 1. The average molecular weight is 464 g/mol. The standard InChI is InChI=1S/C18H17ClF3N3O4S/c1-11(26)23-12-3-6-14(7-4-12)30(28,29)25(2)10-17(27)24-13-5-8-16(19)15(9-13)18(20,21)22/h3-9H,10H2,1-2H3,(H,23,26)(H,24,27). The summed E-state index contributed by atoms with van der Waals surface area (Å²) in [5.41, 5.74) is -0.908. The first-order valence-electron chi connectivity index (χ1n) is 8.31. The molecule has 0 atom stereocenters. The summed E-state index contributed by atoms with van der Waals surface area (Å²) in [5, 5.41) is 4.18. The molecule has 0 spiro atoms. The molecule has 12 heteroatoms. The van der Waals surface area contributed by atoms with Gasteiger partial charge in [-0.2, -0.15) is 17.5 Å². The van der Waals surface area contributed by atoms with Crippen LogP contribution < -0.4 is 10.6 Å². The van der Waals surface area contributed by atoms with Crippen molar-refractivity contribution in [2.45, 2.75) is 18.0 Å². The smallest absolute Gasteiger partial charge is 0.326 e. The molecule has 2 aromatic rings. The van der Waals surface area contributed by atoms with Crippen LogP contribution in [0.2, 0.25) is 5.02 Å². The Kier molecular flexibility index (Phi) is 7.11. The number of amides is 2. The van der Waals surface area contributed by atoms with Crippen LogP contribution in [0, 0.1) is 0 Å². The van der Waals surface area contributed by atoms with Gasteiger partial charge in [-0.25, -0.2) is 8.42 Å². The minimum Gasteiger partial charge on any atom is -0.326 e. The van der Waals surface area contributed by atoms with Gasteiger partial charge in [0.25, 0.3) is 0 Å². The highest BCUT2D eigenvalue weighted by atomic mass is 35.5. The Labute approximate surface area is 175 Å². The van der Waals surface area contributed by atoms with E-state index in [1.54, 1.807) is 0 Å². The van der Waals surface area contributed by atoms with Gasteiger partial charge < -0.3 is 10.6 Å². The first-order valence-corrected chi connectivity index (χ1v) is 10.1. The third kappa shape index (κ3) is 5.94. The Bertz CT molecular complexity index is 1060. The number of benzene rings is 2. The van der Waals surface area contributed by atoms with Crippen molar-refractivity contribution in [3.63, 3.8) is 0 Å². The summed E-state index contributed by atoms with van der Waals surface area (Å²) in [6.45, 7) is 0.662. The average Bonchev–Trinajstić information content (AvgIpc) is 2.62. The summed E-state index contributed by atoms with van der Waals surface area (Å²) < 4.78 is 64.6. The molecule has 2 aromatic carbocycles. The molecule has 0 aromatic heterocycles. The molecule has 0 aliphatic carbocycles. The normalized spacial score (nSPS) is 12.0. The molecule has 0 saturated heterocycles. The van der Waals surface area contributed by atoms with Crippen LogP contribution in [0.1, 0.15) is 12.5 Å². The number of rotatable bonds is 6. The number of carbonyl (C=O) groups excluding carboxylic acids is 2. The molecule has 0 radical (unpaired) electrons. The molecule has 2 N–H and O–H groups in total. The van der Waals surface area contributed by atoms with Crippen LogP contribution in [0.5, 0.6) is 0 Å². The number of alkyl halides is 3. The Morgan fingerprint density at radius 1 is 1.03 bits per heavy atom. The molecule has 30 heavy (non-hydrogen) atoms. The van der Waals surface area contributed by atoms with Gasteiger partial charge in [0, 0.05) is 25.3 Å². The number of anilines is 2. The van der Waals surface area contributed by atoms with E-state index in [1.165, 1.54) is 37.3 Å². The monoisotopic (exact) mass is 463 g/mol. The van der Waals surface area contributed by atoms with Crippen LogP contribution in [0.4, 0.5) is 24.5 Å². The first-order chi connectivity index (χ1) is 13.8. The second kappa shape index (κ2) is 9.02. The molecule has 0 fully saturated rings.